The first kappa shape index (κ1) is 17.6. The summed E-state index contributed by atoms with van der Waals surface area (Å²) in [6.07, 6.45) is 0. The van der Waals surface area contributed by atoms with Crippen molar-refractivity contribution in [3.8, 4) is 0 Å². The molecule has 0 fully saturated rings. The van der Waals surface area contributed by atoms with Gasteiger partial charge in [0.05, 0.1) is 21.3 Å². The van der Waals surface area contributed by atoms with Gasteiger partial charge >= 0.3 is 5.97 Å². The topological polar surface area (TPSA) is 97.4 Å². The fourth-order valence-electron chi connectivity index (χ4n) is 2.23. The summed E-state index contributed by atoms with van der Waals surface area (Å²) < 4.78 is 5.92. The van der Waals surface area contributed by atoms with E-state index in [-0.39, 0.29) is 5.91 Å². The number of rotatable bonds is 5. The number of hydrogen-bond acceptors (Lipinski definition) is 6. The van der Waals surface area contributed by atoms with Gasteiger partial charge in [0.15, 0.2) is 6.61 Å². The van der Waals surface area contributed by atoms with Crippen molar-refractivity contribution in [2.24, 2.45) is 0 Å². The van der Waals surface area contributed by atoms with E-state index in [9.17, 15) is 14.4 Å². The number of ether oxygens (including phenoxy) is 1. The van der Waals surface area contributed by atoms with Crippen LogP contribution in [0.4, 0.5) is 11.4 Å². The molecule has 0 bridgehead atoms. The molecule has 0 aliphatic rings. The molecule has 2 N–H and O–H groups in total. The Balaban J connectivity index is 1.53. The van der Waals surface area contributed by atoms with Gasteiger partial charge in [0, 0.05) is 18.3 Å². The Labute approximate surface area is 153 Å². The zero-order valence-corrected chi connectivity index (χ0v) is 14.6. The van der Waals surface area contributed by atoms with Crippen molar-refractivity contribution in [3.05, 3.63) is 53.5 Å². The lowest BCUT2D eigenvalue weighted by atomic mass is 10.2. The smallest absolute Gasteiger partial charge is 0.338 e. The standard InChI is InChI=1S/C18H15N3O4S/c1-11(22)20-13-3-5-14(6-4-13)21-17(23)9-25-18(24)12-2-7-15-16(8-12)26-10-19-15/h2-8,10H,9H2,1H3,(H,20,22)(H,21,23). The number of aromatic nitrogens is 1. The van der Waals surface area contributed by atoms with Crippen LogP contribution >= 0.6 is 11.3 Å². The van der Waals surface area contributed by atoms with Crippen molar-refractivity contribution >= 4 is 50.7 Å². The fourth-order valence-corrected chi connectivity index (χ4v) is 2.95. The van der Waals surface area contributed by atoms with Crippen molar-refractivity contribution in [3.63, 3.8) is 0 Å². The molecule has 0 radical (unpaired) electrons. The van der Waals surface area contributed by atoms with Crippen LogP contribution in [0, 0.1) is 0 Å². The summed E-state index contributed by atoms with van der Waals surface area (Å²) in [4.78, 5) is 39.1. The quantitative estimate of drug-likeness (QED) is 0.674. The van der Waals surface area contributed by atoms with E-state index in [1.807, 2.05) is 0 Å². The minimum atomic E-state index is -0.573. The maximum atomic E-state index is 12.1. The van der Waals surface area contributed by atoms with Gasteiger partial charge in [-0.15, -0.1) is 11.3 Å². The monoisotopic (exact) mass is 369 g/mol. The molecule has 8 heteroatoms. The number of carbonyl (C=O) groups is 3. The Bertz CT molecular complexity index is 966. The Morgan fingerprint density at radius 2 is 1.73 bits per heavy atom. The molecule has 1 aromatic heterocycles. The van der Waals surface area contributed by atoms with Gasteiger partial charge < -0.3 is 15.4 Å². The maximum Gasteiger partial charge on any atom is 0.338 e. The highest BCUT2D eigenvalue weighted by Gasteiger charge is 2.12. The van der Waals surface area contributed by atoms with Crippen molar-refractivity contribution in [2.75, 3.05) is 17.2 Å². The van der Waals surface area contributed by atoms with Crippen LogP contribution < -0.4 is 10.6 Å². The van der Waals surface area contributed by atoms with Gasteiger partial charge in [0.1, 0.15) is 0 Å². The number of nitrogens with zero attached hydrogens (tertiary/aromatic N) is 1. The Kier molecular flexibility index (Phi) is 5.23. The minimum absolute atomic E-state index is 0.176. The first-order chi connectivity index (χ1) is 12.5. The Hall–Kier alpha value is -3.26. The van der Waals surface area contributed by atoms with Crippen molar-refractivity contribution in [1.29, 1.82) is 0 Å². The van der Waals surface area contributed by atoms with E-state index >= 15 is 0 Å². The molecule has 3 aromatic rings. The molecule has 26 heavy (non-hydrogen) atoms. The third-order valence-electron chi connectivity index (χ3n) is 3.39. The summed E-state index contributed by atoms with van der Waals surface area (Å²) in [5.74, 6) is -1.20. The minimum Gasteiger partial charge on any atom is -0.452 e. The van der Waals surface area contributed by atoms with Crippen LogP contribution in [-0.2, 0) is 14.3 Å². The number of fused-ring (bicyclic) bond motifs is 1. The lowest BCUT2D eigenvalue weighted by Gasteiger charge is -2.08. The molecule has 3 rings (SSSR count). The summed E-state index contributed by atoms with van der Waals surface area (Å²) in [6.45, 7) is 1.02. The van der Waals surface area contributed by atoms with Crippen LogP contribution in [-0.4, -0.2) is 29.4 Å². The fraction of sp³-hybridized carbons (Fsp3) is 0.111. The molecule has 7 nitrogen and oxygen atoms in total. The number of amides is 2. The van der Waals surface area contributed by atoms with Crippen LogP contribution in [0.25, 0.3) is 10.2 Å². The molecule has 1 heterocycles. The Morgan fingerprint density at radius 1 is 1.04 bits per heavy atom. The van der Waals surface area contributed by atoms with Gasteiger partial charge in [-0.1, -0.05) is 0 Å². The molecule has 0 aliphatic carbocycles. The molecule has 0 spiro atoms. The average molecular weight is 369 g/mol. The van der Waals surface area contributed by atoms with E-state index < -0.39 is 18.5 Å². The van der Waals surface area contributed by atoms with Gasteiger partial charge in [-0.3, -0.25) is 9.59 Å². The summed E-state index contributed by atoms with van der Waals surface area (Å²) in [5.41, 5.74) is 4.04. The number of carbonyl (C=O) groups excluding carboxylic acids is 3. The number of nitrogens with one attached hydrogen (secondary N) is 2. The van der Waals surface area contributed by atoms with Crippen LogP contribution in [0.3, 0.4) is 0 Å². The van der Waals surface area contributed by atoms with Crippen LogP contribution in [0.1, 0.15) is 17.3 Å². The van der Waals surface area contributed by atoms with Gasteiger partial charge in [-0.2, -0.15) is 0 Å². The SMILES string of the molecule is CC(=O)Nc1ccc(NC(=O)COC(=O)c2ccc3ncsc3c2)cc1. The number of benzene rings is 2. The zero-order valence-electron chi connectivity index (χ0n) is 13.8. The zero-order chi connectivity index (χ0) is 18.5. The van der Waals surface area contributed by atoms with Gasteiger partial charge in [0.2, 0.25) is 5.91 Å². The van der Waals surface area contributed by atoms with E-state index in [0.29, 0.717) is 16.9 Å². The third-order valence-corrected chi connectivity index (χ3v) is 4.18. The highest BCUT2D eigenvalue weighted by molar-refractivity contribution is 7.16. The molecular formula is C18H15N3O4S. The predicted octanol–water partition coefficient (Wildman–Crippen LogP) is 3.05. The molecule has 0 atom stereocenters. The second kappa shape index (κ2) is 7.75. The second-order valence-electron chi connectivity index (χ2n) is 5.42. The molecular weight excluding hydrogens is 354 g/mol. The maximum absolute atomic E-state index is 12.1. The second-order valence-corrected chi connectivity index (χ2v) is 6.30. The number of thiazole rings is 1. The van der Waals surface area contributed by atoms with Crippen LogP contribution in [0.15, 0.2) is 48.0 Å². The van der Waals surface area contributed by atoms with Crippen molar-refractivity contribution in [1.82, 2.24) is 4.98 Å². The first-order valence-electron chi connectivity index (χ1n) is 7.69. The van der Waals surface area contributed by atoms with E-state index in [1.165, 1.54) is 18.3 Å². The lowest BCUT2D eigenvalue weighted by Crippen LogP contribution is -2.20. The molecule has 2 aromatic carbocycles. The van der Waals surface area contributed by atoms with Crippen molar-refractivity contribution in [2.45, 2.75) is 6.92 Å². The summed E-state index contributed by atoms with van der Waals surface area (Å²) in [7, 11) is 0. The van der Waals surface area contributed by atoms with Crippen molar-refractivity contribution < 1.29 is 19.1 Å². The lowest BCUT2D eigenvalue weighted by molar-refractivity contribution is -0.119. The molecule has 0 saturated carbocycles. The summed E-state index contributed by atoms with van der Waals surface area (Å²) >= 11 is 1.43. The highest BCUT2D eigenvalue weighted by atomic mass is 32.1. The van der Waals surface area contributed by atoms with E-state index in [4.69, 9.17) is 4.74 Å². The van der Waals surface area contributed by atoms with Gasteiger partial charge in [-0.05, 0) is 42.5 Å². The van der Waals surface area contributed by atoms with Gasteiger partial charge in [0.25, 0.3) is 5.91 Å². The number of hydrogen-bond donors (Lipinski definition) is 2. The first-order valence-corrected chi connectivity index (χ1v) is 8.57. The predicted molar refractivity (Wildman–Crippen MR) is 99.3 cm³/mol. The third kappa shape index (κ3) is 4.42. The van der Waals surface area contributed by atoms with E-state index in [0.717, 1.165) is 10.2 Å². The van der Waals surface area contributed by atoms with Crippen LogP contribution in [0.2, 0.25) is 0 Å². The normalized spacial score (nSPS) is 10.3. The molecule has 2 amide bonds. The van der Waals surface area contributed by atoms with E-state index in [2.05, 4.69) is 15.6 Å². The molecule has 132 valence electrons. The van der Waals surface area contributed by atoms with E-state index in [1.54, 1.807) is 48.0 Å². The molecule has 0 saturated heterocycles. The number of esters is 1. The Morgan fingerprint density at radius 3 is 2.42 bits per heavy atom. The van der Waals surface area contributed by atoms with Crippen LogP contribution in [0.5, 0.6) is 0 Å². The highest BCUT2D eigenvalue weighted by Crippen LogP contribution is 2.19. The summed E-state index contributed by atoms with van der Waals surface area (Å²) in [6, 6.07) is 11.6. The average Bonchev–Trinajstić information content (AvgIpc) is 3.08. The largest absolute Gasteiger partial charge is 0.452 e. The van der Waals surface area contributed by atoms with Gasteiger partial charge in [-0.25, -0.2) is 9.78 Å². The number of anilines is 2. The summed E-state index contributed by atoms with van der Waals surface area (Å²) in [5, 5.41) is 5.25. The molecule has 0 aliphatic heterocycles. The molecule has 0 unspecified atom stereocenters.